The number of alkyl halides is 1. The maximum Gasteiger partial charge on any atom is 0.0423 e. The lowest BCUT2D eigenvalue weighted by atomic mass is 10.8. The predicted octanol–water partition coefficient (Wildman–Crippen LogP) is -0.204. The van der Waals surface area contributed by atoms with E-state index in [1.807, 2.05) is 14.1 Å². The molecule has 4 heteroatoms. The van der Waals surface area contributed by atoms with Crippen molar-refractivity contribution in [3.63, 3.8) is 0 Å². The van der Waals surface area contributed by atoms with Crippen molar-refractivity contribution in [1.82, 2.24) is 16.0 Å². The van der Waals surface area contributed by atoms with Crippen molar-refractivity contribution in [2.24, 2.45) is 0 Å². The Morgan fingerprint density at radius 2 is 1.88 bits per heavy atom. The summed E-state index contributed by atoms with van der Waals surface area (Å²) >= 11 is 5.43. The number of nitrogens with one attached hydrogen (secondary N) is 2. The molecule has 0 fully saturated rings. The minimum Gasteiger partial charge on any atom is -0.245 e. The highest BCUT2D eigenvalue weighted by Crippen LogP contribution is 1.75. The van der Waals surface area contributed by atoms with E-state index in [4.69, 9.17) is 11.6 Å². The topological polar surface area (TPSA) is 27.3 Å². The first-order valence-corrected chi connectivity index (χ1v) is 3.07. The summed E-state index contributed by atoms with van der Waals surface area (Å²) in [5.74, 6) is 0.627. The molecule has 0 aliphatic heterocycles. The molecule has 0 aromatic carbocycles. The zero-order chi connectivity index (χ0) is 6.41. The molecule has 0 saturated heterocycles. The predicted molar refractivity (Wildman–Crippen MR) is 35.5 cm³/mol. The van der Waals surface area contributed by atoms with Crippen LogP contribution in [0.5, 0.6) is 0 Å². The molecule has 0 amide bonds. The molecule has 0 heterocycles. The molecule has 8 heavy (non-hydrogen) atoms. The van der Waals surface area contributed by atoms with E-state index in [1.54, 1.807) is 5.12 Å². The van der Waals surface area contributed by atoms with E-state index < -0.39 is 0 Å². The normalized spacial score (nSPS) is 10.5. The molecule has 0 aromatic rings. The van der Waals surface area contributed by atoms with Crippen LogP contribution in [0.4, 0.5) is 0 Å². The van der Waals surface area contributed by atoms with Gasteiger partial charge in [-0.2, -0.15) is 5.12 Å². The van der Waals surface area contributed by atoms with Gasteiger partial charge in [-0.05, 0) is 0 Å². The molecule has 50 valence electrons. The van der Waals surface area contributed by atoms with E-state index in [0.29, 0.717) is 5.88 Å². The number of rotatable bonds is 4. The fourth-order valence-corrected chi connectivity index (χ4v) is 0.589. The average molecular weight is 138 g/mol. The van der Waals surface area contributed by atoms with E-state index in [-0.39, 0.29) is 0 Å². The lowest BCUT2D eigenvalue weighted by Crippen LogP contribution is -2.45. The second kappa shape index (κ2) is 5.31. The van der Waals surface area contributed by atoms with Crippen molar-refractivity contribution in [2.75, 3.05) is 26.5 Å². The number of hydrogen-bond donors (Lipinski definition) is 2. The van der Waals surface area contributed by atoms with Crippen molar-refractivity contribution in [2.45, 2.75) is 0 Å². The zero-order valence-corrected chi connectivity index (χ0v) is 6.00. The lowest BCUT2D eigenvalue weighted by Gasteiger charge is -2.16. The molecule has 0 aromatic heterocycles. The molecular weight excluding hydrogens is 126 g/mol. The number of halogens is 1. The Morgan fingerprint density at radius 1 is 1.38 bits per heavy atom. The first-order chi connectivity index (χ1) is 3.85. The van der Waals surface area contributed by atoms with Gasteiger partial charge in [-0.1, -0.05) is 0 Å². The monoisotopic (exact) mass is 137 g/mol. The van der Waals surface area contributed by atoms with Crippen LogP contribution in [0.3, 0.4) is 0 Å². The number of hydrazine groups is 2. The van der Waals surface area contributed by atoms with Crippen LogP contribution in [0.25, 0.3) is 0 Å². The smallest absolute Gasteiger partial charge is 0.0423 e. The van der Waals surface area contributed by atoms with Gasteiger partial charge in [-0.15, -0.1) is 11.6 Å². The molecule has 0 bridgehead atoms. The summed E-state index contributed by atoms with van der Waals surface area (Å²) in [5, 5.41) is 1.80. The summed E-state index contributed by atoms with van der Waals surface area (Å²) < 4.78 is 0. The van der Waals surface area contributed by atoms with E-state index in [0.717, 1.165) is 6.54 Å². The summed E-state index contributed by atoms with van der Waals surface area (Å²) in [7, 11) is 3.67. The quantitative estimate of drug-likeness (QED) is 0.415. The second-order valence-electron chi connectivity index (χ2n) is 1.29. The van der Waals surface area contributed by atoms with Crippen molar-refractivity contribution in [3.05, 3.63) is 0 Å². The summed E-state index contributed by atoms with van der Waals surface area (Å²) in [6.45, 7) is 0.800. The fraction of sp³-hybridized carbons (Fsp3) is 1.00. The molecule has 0 aliphatic carbocycles. The largest absolute Gasteiger partial charge is 0.245 e. The molecule has 0 rings (SSSR count). The molecule has 0 spiro atoms. The second-order valence-corrected chi connectivity index (χ2v) is 1.67. The van der Waals surface area contributed by atoms with E-state index in [2.05, 4.69) is 10.9 Å². The molecule has 3 nitrogen and oxygen atoms in total. The lowest BCUT2D eigenvalue weighted by molar-refractivity contribution is 0.157. The van der Waals surface area contributed by atoms with Gasteiger partial charge in [0.1, 0.15) is 0 Å². The SMILES string of the molecule is CNN(CCCl)NC. The van der Waals surface area contributed by atoms with Gasteiger partial charge in [0.05, 0.1) is 0 Å². The van der Waals surface area contributed by atoms with Crippen molar-refractivity contribution in [3.8, 4) is 0 Å². The highest BCUT2D eigenvalue weighted by molar-refractivity contribution is 6.18. The van der Waals surface area contributed by atoms with Gasteiger partial charge < -0.3 is 0 Å². The Balaban J connectivity index is 3.07. The van der Waals surface area contributed by atoms with Crippen LogP contribution in [0.1, 0.15) is 0 Å². The first kappa shape index (κ1) is 8.17. The van der Waals surface area contributed by atoms with E-state index in [1.165, 1.54) is 0 Å². The molecule has 2 N–H and O–H groups in total. The van der Waals surface area contributed by atoms with Gasteiger partial charge in [-0.25, -0.2) is 10.9 Å². The fourth-order valence-electron chi connectivity index (χ4n) is 0.420. The van der Waals surface area contributed by atoms with E-state index in [9.17, 15) is 0 Å². The van der Waals surface area contributed by atoms with Crippen LogP contribution in [-0.4, -0.2) is 31.6 Å². The Hall–Kier alpha value is 0.170. The Labute approximate surface area is 54.9 Å². The molecular formula is C4H12ClN3. The summed E-state index contributed by atoms with van der Waals surface area (Å²) in [4.78, 5) is 0. The number of hydrogen-bond acceptors (Lipinski definition) is 3. The molecule has 0 radical (unpaired) electrons. The first-order valence-electron chi connectivity index (χ1n) is 2.53. The van der Waals surface area contributed by atoms with Gasteiger partial charge in [-0.3, -0.25) is 0 Å². The maximum absolute atomic E-state index is 5.43. The minimum atomic E-state index is 0.627. The van der Waals surface area contributed by atoms with Crippen molar-refractivity contribution in [1.29, 1.82) is 0 Å². The maximum atomic E-state index is 5.43. The van der Waals surface area contributed by atoms with Crippen LogP contribution < -0.4 is 10.9 Å². The van der Waals surface area contributed by atoms with Gasteiger partial charge in [0.15, 0.2) is 0 Å². The third-order valence-electron chi connectivity index (χ3n) is 0.848. The Bertz CT molecular complexity index is 46.5. The van der Waals surface area contributed by atoms with Crippen LogP contribution in [0.2, 0.25) is 0 Å². The Morgan fingerprint density at radius 3 is 2.00 bits per heavy atom. The molecule has 0 atom stereocenters. The highest BCUT2D eigenvalue weighted by Gasteiger charge is 1.92. The van der Waals surface area contributed by atoms with Crippen LogP contribution >= 0.6 is 11.6 Å². The summed E-state index contributed by atoms with van der Waals surface area (Å²) in [5.41, 5.74) is 5.78. The summed E-state index contributed by atoms with van der Waals surface area (Å²) in [6.07, 6.45) is 0. The van der Waals surface area contributed by atoms with Crippen molar-refractivity contribution >= 4 is 11.6 Å². The number of nitrogens with zero attached hydrogens (tertiary/aromatic N) is 1. The molecule has 0 unspecified atom stereocenters. The standard InChI is InChI=1S/C4H12ClN3/c1-6-8(7-2)4-3-5/h6-7H,3-4H2,1-2H3. The van der Waals surface area contributed by atoms with Gasteiger partial charge in [0.2, 0.25) is 0 Å². The summed E-state index contributed by atoms with van der Waals surface area (Å²) in [6, 6.07) is 0. The van der Waals surface area contributed by atoms with Crippen LogP contribution in [-0.2, 0) is 0 Å². The van der Waals surface area contributed by atoms with E-state index >= 15 is 0 Å². The Kier molecular flexibility index (Phi) is 5.42. The third kappa shape index (κ3) is 3.21. The molecule has 0 aliphatic rings. The van der Waals surface area contributed by atoms with Crippen LogP contribution in [0, 0.1) is 0 Å². The third-order valence-corrected chi connectivity index (χ3v) is 1.02. The highest BCUT2D eigenvalue weighted by atomic mass is 35.5. The van der Waals surface area contributed by atoms with Gasteiger partial charge in [0.25, 0.3) is 0 Å². The van der Waals surface area contributed by atoms with Gasteiger partial charge in [0, 0.05) is 26.5 Å². The van der Waals surface area contributed by atoms with Gasteiger partial charge >= 0.3 is 0 Å². The molecule has 0 saturated carbocycles. The zero-order valence-electron chi connectivity index (χ0n) is 5.24. The van der Waals surface area contributed by atoms with Crippen LogP contribution in [0.15, 0.2) is 0 Å². The van der Waals surface area contributed by atoms with Crippen molar-refractivity contribution < 1.29 is 0 Å². The minimum absolute atomic E-state index is 0.627. The average Bonchev–Trinajstić information content (AvgIpc) is 1.83.